The lowest BCUT2D eigenvalue weighted by Crippen LogP contribution is -2.17. The van der Waals surface area contributed by atoms with Crippen molar-refractivity contribution in [3.63, 3.8) is 0 Å². The van der Waals surface area contributed by atoms with Crippen molar-refractivity contribution in [3.8, 4) is 0 Å². The van der Waals surface area contributed by atoms with Crippen molar-refractivity contribution >= 4 is 29.0 Å². The molecule has 1 aliphatic rings. The predicted octanol–water partition coefficient (Wildman–Crippen LogP) is 4.40. The van der Waals surface area contributed by atoms with Crippen molar-refractivity contribution in [1.82, 2.24) is 0 Å². The molecule has 4 heteroatoms. The van der Waals surface area contributed by atoms with Crippen molar-refractivity contribution in [2.75, 3.05) is 29.6 Å². The van der Waals surface area contributed by atoms with E-state index in [0.29, 0.717) is 5.56 Å². The molecule has 0 aliphatic carbocycles. The fraction of sp³-hybridized carbons (Fsp3) is 0.316. The van der Waals surface area contributed by atoms with Crippen molar-refractivity contribution in [1.29, 1.82) is 0 Å². The first-order valence-electron chi connectivity index (χ1n) is 8.00. The highest BCUT2D eigenvalue weighted by molar-refractivity contribution is 7.97. The SMILES string of the molecule is CSCc1ccc(C(=O)Nc2ccc(N3CCCC3)cc2)cc1. The van der Waals surface area contributed by atoms with Gasteiger partial charge in [0.25, 0.3) is 5.91 Å². The van der Waals surface area contributed by atoms with E-state index in [-0.39, 0.29) is 5.91 Å². The molecule has 1 aliphatic heterocycles. The summed E-state index contributed by atoms with van der Waals surface area (Å²) in [6, 6.07) is 15.9. The van der Waals surface area contributed by atoms with E-state index >= 15 is 0 Å². The van der Waals surface area contributed by atoms with Gasteiger partial charge in [0, 0.05) is 35.8 Å². The molecule has 1 fully saturated rings. The van der Waals surface area contributed by atoms with E-state index in [1.165, 1.54) is 24.1 Å². The van der Waals surface area contributed by atoms with E-state index in [2.05, 4.69) is 28.6 Å². The minimum atomic E-state index is -0.0605. The Kier molecular flexibility index (Phi) is 5.23. The summed E-state index contributed by atoms with van der Waals surface area (Å²) in [6.45, 7) is 2.27. The highest BCUT2D eigenvalue weighted by Gasteiger charge is 2.12. The molecule has 1 heterocycles. The molecule has 0 radical (unpaired) electrons. The number of carbonyl (C=O) groups is 1. The number of hydrogen-bond acceptors (Lipinski definition) is 3. The first-order chi connectivity index (χ1) is 11.3. The van der Waals surface area contributed by atoms with Crippen LogP contribution in [0.25, 0.3) is 0 Å². The van der Waals surface area contributed by atoms with Crippen LogP contribution in [-0.2, 0) is 5.75 Å². The molecule has 1 amide bonds. The fourth-order valence-electron chi connectivity index (χ4n) is 2.85. The van der Waals surface area contributed by atoms with Gasteiger partial charge >= 0.3 is 0 Å². The van der Waals surface area contributed by atoms with Gasteiger partial charge in [-0.15, -0.1) is 0 Å². The molecule has 0 bridgehead atoms. The maximum Gasteiger partial charge on any atom is 0.255 e. The normalized spacial score (nSPS) is 14.0. The van der Waals surface area contributed by atoms with Gasteiger partial charge in [-0.3, -0.25) is 4.79 Å². The fourth-order valence-corrected chi connectivity index (χ4v) is 3.38. The maximum atomic E-state index is 12.3. The van der Waals surface area contributed by atoms with Gasteiger partial charge in [0.1, 0.15) is 0 Å². The van der Waals surface area contributed by atoms with Crippen molar-refractivity contribution < 1.29 is 4.79 Å². The van der Waals surface area contributed by atoms with Crippen LogP contribution < -0.4 is 10.2 Å². The minimum absolute atomic E-state index is 0.0605. The third-order valence-electron chi connectivity index (χ3n) is 4.12. The van der Waals surface area contributed by atoms with Crippen LogP contribution in [0, 0.1) is 0 Å². The Morgan fingerprint density at radius 1 is 1.04 bits per heavy atom. The lowest BCUT2D eigenvalue weighted by Gasteiger charge is -2.17. The third-order valence-corrected chi connectivity index (χ3v) is 4.75. The van der Waals surface area contributed by atoms with Crippen LogP contribution in [0.1, 0.15) is 28.8 Å². The molecule has 120 valence electrons. The monoisotopic (exact) mass is 326 g/mol. The Labute approximate surface area is 142 Å². The second kappa shape index (κ2) is 7.55. The average molecular weight is 326 g/mol. The number of rotatable bonds is 5. The van der Waals surface area contributed by atoms with Gasteiger partial charge in [-0.1, -0.05) is 12.1 Å². The number of amides is 1. The average Bonchev–Trinajstić information content (AvgIpc) is 3.11. The van der Waals surface area contributed by atoms with E-state index in [1.54, 1.807) is 11.8 Å². The zero-order valence-corrected chi connectivity index (χ0v) is 14.2. The van der Waals surface area contributed by atoms with Gasteiger partial charge in [0.05, 0.1) is 0 Å². The molecule has 3 nitrogen and oxygen atoms in total. The molecular formula is C19H22N2OS. The molecule has 23 heavy (non-hydrogen) atoms. The van der Waals surface area contributed by atoms with Gasteiger partial charge < -0.3 is 10.2 Å². The number of anilines is 2. The molecule has 3 rings (SSSR count). The maximum absolute atomic E-state index is 12.3. The molecule has 0 atom stereocenters. The summed E-state index contributed by atoms with van der Waals surface area (Å²) in [5, 5.41) is 2.96. The summed E-state index contributed by atoms with van der Waals surface area (Å²) < 4.78 is 0. The lowest BCUT2D eigenvalue weighted by atomic mass is 10.1. The van der Waals surface area contributed by atoms with Gasteiger partial charge in [-0.25, -0.2) is 0 Å². The number of nitrogens with one attached hydrogen (secondary N) is 1. The summed E-state index contributed by atoms with van der Waals surface area (Å²) in [5.41, 5.74) is 4.01. The first-order valence-corrected chi connectivity index (χ1v) is 9.40. The molecule has 0 saturated carbocycles. The Morgan fingerprint density at radius 2 is 1.70 bits per heavy atom. The van der Waals surface area contributed by atoms with Crippen LogP contribution in [0.3, 0.4) is 0 Å². The smallest absolute Gasteiger partial charge is 0.255 e. The second-order valence-corrected chi connectivity index (χ2v) is 6.69. The highest BCUT2D eigenvalue weighted by Crippen LogP contribution is 2.22. The highest BCUT2D eigenvalue weighted by atomic mass is 32.2. The van der Waals surface area contributed by atoms with Gasteiger partial charge in [0.2, 0.25) is 0 Å². The third kappa shape index (κ3) is 4.08. The molecule has 1 N–H and O–H groups in total. The number of carbonyl (C=O) groups excluding carboxylic acids is 1. The number of hydrogen-bond donors (Lipinski definition) is 1. The Morgan fingerprint density at radius 3 is 2.30 bits per heavy atom. The van der Waals surface area contributed by atoms with Crippen LogP contribution in [-0.4, -0.2) is 25.3 Å². The summed E-state index contributed by atoms with van der Waals surface area (Å²) in [5.74, 6) is 0.912. The van der Waals surface area contributed by atoms with Gasteiger partial charge in [-0.2, -0.15) is 11.8 Å². The number of thioether (sulfide) groups is 1. The van der Waals surface area contributed by atoms with E-state index in [1.807, 2.05) is 36.4 Å². The standard InChI is InChI=1S/C19H22N2OS/c1-23-14-15-4-6-16(7-5-15)19(22)20-17-8-10-18(11-9-17)21-12-2-3-13-21/h4-11H,2-3,12-14H2,1H3,(H,20,22). The summed E-state index contributed by atoms with van der Waals surface area (Å²) in [7, 11) is 0. The molecule has 1 saturated heterocycles. The Bertz CT molecular complexity index is 646. The van der Waals surface area contributed by atoms with E-state index in [4.69, 9.17) is 0 Å². The minimum Gasteiger partial charge on any atom is -0.372 e. The summed E-state index contributed by atoms with van der Waals surface area (Å²) in [6.07, 6.45) is 4.61. The quantitative estimate of drug-likeness (QED) is 0.884. The van der Waals surface area contributed by atoms with Crippen LogP contribution in [0.4, 0.5) is 11.4 Å². The summed E-state index contributed by atoms with van der Waals surface area (Å²) in [4.78, 5) is 14.7. The largest absolute Gasteiger partial charge is 0.372 e. The van der Waals surface area contributed by atoms with Gasteiger partial charge in [0.15, 0.2) is 0 Å². The van der Waals surface area contributed by atoms with E-state index in [0.717, 1.165) is 24.5 Å². The number of nitrogens with zero attached hydrogens (tertiary/aromatic N) is 1. The van der Waals surface area contributed by atoms with Crippen LogP contribution >= 0.6 is 11.8 Å². The van der Waals surface area contributed by atoms with Crippen LogP contribution in [0.2, 0.25) is 0 Å². The Hall–Kier alpha value is -1.94. The molecule has 0 aromatic heterocycles. The lowest BCUT2D eigenvalue weighted by molar-refractivity contribution is 0.102. The van der Waals surface area contributed by atoms with E-state index < -0.39 is 0 Å². The molecule has 0 unspecified atom stereocenters. The Balaban J connectivity index is 1.62. The molecular weight excluding hydrogens is 304 g/mol. The van der Waals surface area contributed by atoms with Crippen molar-refractivity contribution in [2.45, 2.75) is 18.6 Å². The first kappa shape index (κ1) is 15.9. The van der Waals surface area contributed by atoms with Crippen LogP contribution in [0.15, 0.2) is 48.5 Å². The predicted molar refractivity (Wildman–Crippen MR) is 99.5 cm³/mol. The second-order valence-electron chi connectivity index (χ2n) is 5.83. The molecule has 2 aromatic rings. The van der Waals surface area contributed by atoms with Crippen molar-refractivity contribution in [3.05, 3.63) is 59.7 Å². The molecule has 2 aromatic carbocycles. The topological polar surface area (TPSA) is 32.3 Å². The van der Waals surface area contributed by atoms with Gasteiger partial charge in [-0.05, 0) is 61.1 Å². The van der Waals surface area contributed by atoms with Crippen molar-refractivity contribution in [2.24, 2.45) is 0 Å². The summed E-state index contributed by atoms with van der Waals surface area (Å²) >= 11 is 1.78. The zero-order chi connectivity index (χ0) is 16.1. The van der Waals surface area contributed by atoms with Crippen LogP contribution in [0.5, 0.6) is 0 Å². The zero-order valence-electron chi connectivity index (χ0n) is 13.4. The number of benzene rings is 2. The molecule has 0 spiro atoms. The van der Waals surface area contributed by atoms with E-state index in [9.17, 15) is 4.79 Å².